The highest BCUT2D eigenvalue weighted by molar-refractivity contribution is 5.75. The summed E-state index contributed by atoms with van der Waals surface area (Å²) in [5.41, 5.74) is 0. The summed E-state index contributed by atoms with van der Waals surface area (Å²) in [4.78, 5) is 34.4. The number of hydrogen-bond acceptors (Lipinski definition) is 3. The maximum absolute atomic E-state index is 12.3. The van der Waals surface area contributed by atoms with E-state index in [2.05, 4.69) is 4.90 Å². The Kier molecular flexibility index (Phi) is 7.15. The maximum atomic E-state index is 12.3. The van der Waals surface area contributed by atoms with E-state index in [-0.39, 0.29) is 12.1 Å². The molecule has 2 aliphatic heterocycles. The molecule has 0 aromatic carbocycles. The van der Waals surface area contributed by atoms with Gasteiger partial charge in [-0.1, -0.05) is 0 Å². The zero-order valence-corrected chi connectivity index (χ0v) is 15.5. The van der Waals surface area contributed by atoms with Crippen molar-refractivity contribution >= 4 is 12.1 Å². The van der Waals surface area contributed by atoms with Crippen LogP contribution in [0.4, 0.5) is 9.59 Å². The molecular formula is C17H33N5O2. The topological polar surface area (TPSA) is 50.3 Å². The smallest absolute Gasteiger partial charge is 0.320 e. The molecule has 2 saturated heterocycles. The lowest BCUT2D eigenvalue weighted by Crippen LogP contribution is -2.53. The third-order valence-corrected chi connectivity index (χ3v) is 5.10. The van der Waals surface area contributed by atoms with Gasteiger partial charge in [-0.05, 0) is 33.2 Å². The van der Waals surface area contributed by atoms with E-state index in [4.69, 9.17) is 0 Å². The SMILES string of the molecule is CCN(CC)C(=O)N1CCN(CCCN2CCCN(C)C2=O)CC1. The van der Waals surface area contributed by atoms with Crippen LogP contribution >= 0.6 is 0 Å². The Labute approximate surface area is 146 Å². The van der Waals surface area contributed by atoms with Crippen molar-refractivity contribution in [1.82, 2.24) is 24.5 Å². The predicted octanol–water partition coefficient (Wildman–Crippen LogP) is 1.21. The van der Waals surface area contributed by atoms with Crippen LogP contribution in [-0.4, -0.2) is 109 Å². The molecule has 0 aromatic heterocycles. The minimum Gasteiger partial charge on any atom is -0.328 e. The molecule has 0 spiro atoms. The second kappa shape index (κ2) is 9.11. The second-order valence-corrected chi connectivity index (χ2v) is 6.68. The average Bonchev–Trinajstić information content (AvgIpc) is 2.60. The molecule has 2 rings (SSSR count). The fourth-order valence-corrected chi connectivity index (χ4v) is 3.48. The molecule has 0 aliphatic carbocycles. The van der Waals surface area contributed by atoms with Crippen LogP contribution in [0.5, 0.6) is 0 Å². The first-order valence-electron chi connectivity index (χ1n) is 9.33. The quantitative estimate of drug-likeness (QED) is 0.731. The third kappa shape index (κ3) is 4.75. The largest absolute Gasteiger partial charge is 0.328 e. The van der Waals surface area contributed by atoms with Crippen LogP contribution in [0.3, 0.4) is 0 Å². The standard InChI is InChI=1S/C17H33N5O2/c1-4-20(5-2)17(24)22-14-12-19(13-15-22)9-7-11-21-10-6-8-18(3)16(21)23/h4-15H2,1-3H3. The van der Waals surface area contributed by atoms with Gasteiger partial charge in [-0.2, -0.15) is 0 Å². The van der Waals surface area contributed by atoms with E-state index < -0.39 is 0 Å². The first-order chi connectivity index (χ1) is 11.6. The fraction of sp³-hybridized carbons (Fsp3) is 0.882. The van der Waals surface area contributed by atoms with E-state index in [0.29, 0.717) is 0 Å². The van der Waals surface area contributed by atoms with Gasteiger partial charge in [0.15, 0.2) is 0 Å². The predicted molar refractivity (Wildman–Crippen MR) is 95.2 cm³/mol. The van der Waals surface area contributed by atoms with Crippen molar-refractivity contribution in [2.45, 2.75) is 26.7 Å². The summed E-state index contributed by atoms with van der Waals surface area (Å²) in [6.45, 7) is 12.7. The third-order valence-electron chi connectivity index (χ3n) is 5.10. The number of nitrogens with zero attached hydrogens (tertiary/aromatic N) is 5. The highest BCUT2D eigenvalue weighted by atomic mass is 16.2. The van der Waals surface area contributed by atoms with Crippen LogP contribution < -0.4 is 0 Å². The number of carbonyl (C=O) groups is 2. The molecule has 0 radical (unpaired) electrons. The summed E-state index contributed by atoms with van der Waals surface area (Å²) < 4.78 is 0. The van der Waals surface area contributed by atoms with Crippen LogP contribution in [0.25, 0.3) is 0 Å². The summed E-state index contributed by atoms with van der Waals surface area (Å²) in [6, 6.07) is 0.331. The van der Waals surface area contributed by atoms with E-state index in [0.717, 1.165) is 78.3 Å². The maximum Gasteiger partial charge on any atom is 0.320 e. The molecule has 0 N–H and O–H groups in total. The van der Waals surface area contributed by atoms with Crippen LogP contribution in [0.15, 0.2) is 0 Å². The molecule has 138 valence electrons. The summed E-state index contributed by atoms with van der Waals surface area (Å²) in [7, 11) is 1.88. The van der Waals surface area contributed by atoms with Gasteiger partial charge >= 0.3 is 12.1 Å². The fourth-order valence-electron chi connectivity index (χ4n) is 3.48. The van der Waals surface area contributed by atoms with Crippen LogP contribution in [-0.2, 0) is 0 Å². The van der Waals surface area contributed by atoms with Gasteiger partial charge in [-0.15, -0.1) is 0 Å². The number of urea groups is 2. The molecule has 0 aromatic rings. The molecule has 0 bridgehead atoms. The van der Waals surface area contributed by atoms with Crippen molar-refractivity contribution in [3.8, 4) is 0 Å². The number of rotatable bonds is 6. The van der Waals surface area contributed by atoms with Crippen LogP contribution in [0, 0.1) is 0 Å². The lowest BCUT2D eigenvalue weighted by Gasteiger charge is -2.38. The van der Waals surface area contributed by atoms with Crippen molar-refractivity contribution in [3.05, 3.63) is 0 Å². The number of hydrogen-bond donors (Lipinski definition) is 0. The van der Waals surface area contributed by atoms with E-state index in [1.165, 1.54) is 0 Å². The van der Waals surface area contributed by atoms with Crippen LogP contribution in [0.1, 0.15) is 26.7 Å². The van der Waals surface area contributed by atoms with Crippen molar-refractivity contribution in [3.63, 3.8) is 0 Å². The summed E-state index contributed by atoms with van der Waals surface area (Å²) >= 11 is 0. The van der Waals surface area contributed by atoms with Gasteiger partial charge < -0.3 is 19.6 Å². The lowest BCUT2D eigenvalue weighted by atomic mass is 10.2. The Hall–Kier alpha value is -1.50. The first-order valence-corrected chi connectivity index (χ1v) is 9.33. The molecule has 2 aliphatic rings. The highest BCUT2D eigenvalue weighted by Gasteiger charge is 2.25. The zero-order valence-electron chi connectivity index (χ0n) is 15.5. The van der Waals surface area contributed by atoms with Crippen molar-refractivity contribution < 1.29 is 9.59 Å². The van der Waals surface area contributed by atoms with Gasteiger partial charge in [0.25, 0.3) is 0 Å². The van der Waals surface area contributed by atoms with E-state index in [1.807, 2.05) is 35.6 Å². The van der Waals surface area contributed by atoms with Gasteiger partial charge in [0.2, 0.25) is 0 Å². The molecule has 24 heavy (non-hydrogen) atoms. The molecule has 4 amide bonds. The van der Waals surface area contributed by atoms with E-state index in [1.54, 1.807) is 4.90 Å². The normalized spacial score (nSPS) is 19.8. The Balaban J connectivity index is 1.66. The molecule has 7 heteroatoms. The van der Waals surface area contributed by atoms with Gasteiger partial charge in [-0.3, -0.25) is 4.90 Å². The van der Waals surface area contributed by atoms with E-state index in [9.17, 15) is 9.59 Å². The van der Waals surface area contributed by atoms with Crippen molar-refractivity contribution in [2.24, 2.45) is 0 Å². The minimum atomic E-state index is 0.163. The average molecular weight is 339 g/mol. The summed E-state index contributed by atoms with van der Waals surface area (Å²) in [5, 5.41) is 0. The molecule has 0 unspecified atom stereocenters. The number of piperazine rings is 1. The molecule has 2 fully saturated rings. The lowest BCUT2D eigenvalue weighted by molar-refractivity contribution is 0.109. The van der Waals surface area contributed by atoms with Gasteiger partial charge in [0, 0.05) is 66.0 Å². The first kappa shape index (κ1) is 18.8. The van der Waals surface area contributed by atoms with Crippen LogP contribution in [0.2, 0.25) is 0 Å². The summed E-state index contributed by atoms with van der Waals surface area (Å²) in [6.07, 6.45) is 2.07. The minimum absolute atomic E-state index is 0.163. The zero-order chi connectivity index (χ0) is 17.5. The highest BCUT2D eigenvalue weighted by Crippen LogP contribution is 2.09. The number of amides is 4. The molecule has 0 atom stereocenters. The Bertz CT molecular complexity index is 419. The van der Waals surface area contributed by atoms with Gasteiger partial charge in [0.1, 0.15) is 0 Å². The number of carbonyl (C=O) groups excluding carboxylic acids is 2. The monoisotopic (exact) mass is 339 g/mol. The van der Waals surface area contributed by atoms with Crippen molar-refractivity contribution in [1.29, 1.82) is 0 Å². The van der Waals surface area contributed by atoms with Gasteiger partial charge in [0.05, 0.1) is 0 Å². The van der Waals surface area contributed by atoms with Gasteiger partial charge in [-0.25, -0.2) is 9.59 Å². The van der Waals surface area contributed by atoms with E-state index >= 15 is 0 Å². The Morgan fingerprint density at radius 3 is 2.29 bits per heavy atom. The Morgan fingerprint density at radius 1 is 1.00 bits per heavy atom. The molecular weight excluding hydrogens is 306 g/mol. The van der Waals surface area contributed by atoms with Crippen molar-refractivity contribution in [2.75, 3.05) is 72.5 Å². The molecule has 7 nitrogen and oxygen atoms in total. The Morgan fingerprint density at radius 2 is 1.67 bits per heavy atom. The summed E-state index contributed by atoms with van der Waals surface area (Å²) in [5.74, 6) is 0. The molecule has 2 heterocycles. The molecule has 0 saturated carbocycles. The second-order valence-electron chi connectivity index (χ2n) is 6.68.